The highest BCUT2D eigenvalue weighted by Gasteiger charge is 2.50. The van der Waals surface area contributed by atoms with E-state index in [0.717, 1.165) is 5.56 Å². The smallest absolute Gasteiger partial charge is 0.234 e. The third kappa shape index (κ3) is 2.05. The van der Waals surface area contributed by atoms with Gasteiger partial charge in [0.2, 0.25) is 11.8 Å². The standard InChI is InChI=1S/C16H18N2O2/c1-10-6-11(2)14-13(7-10)15(19)18(16(14)20)9-12-4-3-5-17-8-12/h3-6,8,11,13-14H,7,9H2,1-2H3/t11-,13-,14+/m0/s1. The number of carbonyl (C=O) groups excluding carboxylic acids is 2. The number of allylic oxidation sites excluding steroid dienone is 2. The van der Waals surface area contributed by atoms with Gasteiger partial charge in [0.25, 0.3) is 0 Å². The van der Waals surface area contributed by atoms with E-state index in [-0.39, 0.29) is 29.6 Å². The molecule has 0 aromatic carbocycles. The fourth-order valence-corrected chi connectivity index (χ4v) is 3.42. The molecule has 1 saturated heterocycles. The SMILES string of the molecule is CC1=C[C@H](C)[C@H]2C(=O)N(Cc3cccnc3)C(=O)[C@H]2C1. The molecule has 0 saturated carbocycles. The molecule has 2 aliphatic rings. The Kier molecular flexibility index (Phi) is 3.16. The normalized spacial score (nSPS) is 29.4. The van der Waals surface area contributed by atoms with Gasteiger partial charge < -0.3 is 0 Å². The Morgan fingerprint density at radius 3 is 2.85 bits per heavy atom. The quantitative estimate of drug-likeness (QED) is 0.611. The van der Waals surface area contributed by atoms with Gasteiger partial charge in [-0.3, -0.25) is 19.5 Å². The Morgan fingerprint density at radius 1 is 1.35 bits per heavy atom. The van der Waals surface area contributed by atoms with Gasteiger partial charge in [0, 0.05) is 12.4 Å². The van der Waals surface area contributed by atoms with Crippen molar-refractivity contribution in [3.63, 3.8) is 0 Å². The van der Waals surface area contributed by atoms with Crippen molar-refractivity contribution in [2.24, 2.45) is 17.8 Å². The zero-order chi connectivity index (χ0) is 14.3. The first-order valence-electron chi connectivity index (χ1n) is 6.99. The summed E-state index contributed by atoms with van der Waals surface area (Å²) in [5.41, 5.74) is 2.10. The van der Waals surface area contributed by atoms with Crippen molar-refractivity contribution in [1.82, 2.24) is 9.88 Å². The Hall–Kier alpha value is -1.97. The van der Waals surface area contributed by atoms with Crippen LogP contribution in [0.25, 0.3) is 0 Å². The van der Waals surface area contributed by atoms with Crippen molar-refractivity contribution < 1.29 is 9.59 Å². The highest BCUT2D eigenvalue weighted by molar-refractivity contribution is 6.05. The molecule has 0 unspecified atom stereocenters. The van der Waals surface area contributed by atoms with E-state index >= 15 is 0 Å². The molecule has 4 heteroatoms. The Morgan fingerprint density at radius 2 is 2.15 bits per heavy atom. The molecular weight excluding hydrogens is 252 g/mol. The van der Waals surface area contributed by atoms with Crippen molar-refractivity contribution in [3.8, 4) is 0 Å². The third-order valence-electron chi connectivity index (χ3n) is 4.29. The van der Waals surface area contributed by atoms with E-state index in [9.17, 15) is 9.59 Å². The van der Waals surface area contributed by atoms with E-state index < -0.39 is 0 Å². The zero-order valence-corrected chi connectivity index (χ0v) is 11.7. The molecule has 1 aliphatic heterocycles. The first-order chi connectivity index (χ1) is 9.58. The second-order valence-corrected chi connectivity index (χ2v) is 5.83. The molecular formula is C16H18N2O2. The van der Waals surface area contributed by atoms with Gasteiger partial charge >= 0.3 is 0 Å². The van der Waals surface area contributed by atoms with E-state index in [1.165, 1.54) is 10.5 Å². The van der Waals surface area contributed by atoms with Crippen LogP contribution in [0.3, 0.4) is 0 Å². The summed E-state index contributed by atoms with van der Waals surface area (Å²) in [6.45, 7) is 4.40. The largest absolute Gasteiger partial charge is 0.278 e. The molecule has 104 valence electrons. The lowest BCUT2D eigenvalue weighted by Gasteiger charge is -2.25. The number of carbonyl (C=O) groups is 2. The maximum absolute atomic E-state index is 12.5. The van der Waals surface area contributed by atoms with Gasteiger partial charge in [-0.25, -0.2) is 0 Å². The number of imide groups is 1. The number of amides is 2. The van der Waals surface area contributed by atoms with Crippen LogP contribution in [0.2, 0.25) is 0 Å². The Labute approximate surface area is 118 Å². The summed E-state index contributed by atoms with van der Waals surface area (Å²) in [6, 6.07) is 3.71. The van der Waals surface area contributed by atoms with Crippen molar-refractivity contribution >= 4 is 11.8 Å². The molecule has 4 nitrogen and oxygen atoms in total. The van der Waals surface area contributed by atoms with Gasteiger partial charge in [0.05, 0.1) is 18.4 Å². The molecule has 2 heterocycles. The number of pyridine rings is 1. The van der Waals surface area contributed by atoms with E-state index in [2.05, 4.69) is 11.1 Å². The number of likely N-dealkylation sites (tertiary alicyclic amines) is 1. The second kappa shape index (κ2) is 4.85. The van der Waals surface area contributed by atoms with Gasteiger partial charge in [-0.2, -0.15) is 0 Å². The molecule has 2 amide bonds. The van der Waals surface area contributed by atoms with Crippen LogP contribution < -0.4 is 0 Å². The number of nitrogens with zero attached hydrogens (tertiary/aromatic N) is 2. The number of fused-ring (bicyclic) bond motifs is 1. The molecule has 0 bridgehead atoms. The first kappa shape index (κ1) is 13.0. The lowest BCUT2D eigenvalue weighted by atomic mass is 9.76. The molecule has 0 radical (unpaired) electrons. The van der Waals surface area contributed by atoms with Gasteiger partial charge in [-0.05, 0) is 30.9 Å². The second-order valence-electron chi connectivity index (χ2n) is 5.83. The van der Waals surface area contributed by atoms with Crippen LogP contribution in [-0.4, -0.2) is 21.7 Å². The lowest BCUT2D eigenvalue weighted by Crippen LogP contribution is -2.31. The summed E-state index contributed by atoms with van der Waals surface area (Å²) in [5, 5.41) is 0. The minimum Gasteiger partial charge on any atom is -0.278 e. The minimum atomic E-state index is -0.178. The molecule has 1 aromatic rings. The van der Waals surface area contributed by atoms with Gasteiger partial charge in [0.15, 0.2) is 0 Å². The topological polar surface area (TPSA) is 50.3 Å². The van der Waals surface area contributed by atoms with Crippen LogP contribution >= 0.6 is 0 Å². The van der Waals surface area contributed by atoms with Crippen LogP contribution in [-0.2, 0) is 16.1 Å². The van der Waals surface area contributed by atoms with Gasteiger partial charge in [-0.15, -0.1) is 0 Å². The third-order valence-corrected chi connectivity index (χ3v) is 4.29. The summed E-state index contributed by atoms with van der Waals surface area (Å²) in [7, 11) is 0. The zero-order valence-electron chi connectivity index (χ0n) is 11.7. The maximum atomic E-state index is 12.5. The molecule has 1 fully saturated rings. The summed E-state index contributed by atoms with van der Waals surface area (Å²) in [6.07, 6.45) is 6.23. The molecule has 20 heavy (non-hydrogen) atoms. The number of aromatic nitrogens is 1. The van der Waals surface area contributed by atoms with Crippen molar-refractivity contribution in [1.29, 1.82) is 0 Å². The van der Waals surface area contributed by atoms with Crippen LogP contribution in [0.4, 0.5) is 0 Å². The Balaban J connectivity index is 1.86. The van der Waals surface area contributed by atoms with E-state index in [0.29, 0.717) is 13.0 Å². The maximum Gasteiger partial charge on any atom is 0.234 e. The monoisotopic (exact) mass is 270 g/mol. The average molecular weight is 270 g/mol. The number of rotatable bonds is 2. The van der Waals surface area contributed by atoms with Gasteiger partial charge in [0.1, 0.15) is 0 Å². The molecule has 1 aliphatic carbocycles. The van der Waals surface area contributed by atoms with Gasteiger partial charge in [-0.1, -0.05) is 24.6 Å². The van der Waals surface area contributed by atoms with Crippen molar-refractivity contribution in [2.45, 2.75) is 26.8 Å². The minimum absolute atomic E-state index is 0.0249. The van der Waals surface area contributed by atoms with Crippen LogP contribution in [0.5, 0.6) is 0 Å². The van der Waals surface area contributed by atoms with Crippen molar-refractivity contribution in [2.75, 3.05) is 0 Å². The molecule has 3 atom stereocenters. The van der Waals surface area contributed by atoms with E-state index in [1.807, 2.05) is 26.0 Å². The van der Waals surface area contributed by atoms with Crippen LogP contribution in [0.1, 0.15) is 25.8 Å². The Bertz CT molecular complexity index is 579. The molecule has 0 spiro atoms. The lowest BCUT2D eigenvalue weighted by molar-refractivity contribution is -0.140. The fourth-order valence-electron chi connectivity index (χ4n) is 3.42. The van der Waals surface area contributed by atoms with E-state index in [1.54, 1.807) is 12.4 Å². The predicted octanol–water partition coefficient (Wildman–Crippen LogP) is 2.17. The highest BCUT2D eigenvalue weighted by atomic mass is 16.2. The van der Waals surface area contributed by atoms with Crippen LogP contribution in [0, 0.1) is 17.8 Å². The molecule has 0 N–H and O–H groups in total. The molecule has 3 rings (SSSR count). The first-order valence-corrected chi connectivity index (χ1v) is 6.99. The van der Waals surface area contributed by atoms with Crippen molar-refractivity contribution in [3.05, 3.63) is 41.7 Å². The number of hydrogen-bond acceptors (Lipinski definition) is 3. The fraction of sp³-hybridized carbons (Fsp3) is 0.438. The van der Waals surface area contributed by atoms with Crippen LogP contribution in [0.15, 0.2) is 36.2 Å². The summed E-state index contributed by atoms with van der Waals surface area (Å²) < 4.78 is 0. The van der Waals surface area contributed by atoms with E-state index in [4.69, 9.17) is 0 Å². The summed E-state index contributed by atoms with van der Waals surface area (Å²) in [4.78, 5) is 30.5. The molecule has 1 aromatic heterocycles. The predicted molar refractivity (Wildman–Crippen MR) is 74.3 cm³/mol. The summed E-state index contributed by atoms with van der Waals surface area (Å²) >= 11 is 0. The summed E-state index contributed by atoms with van der Waals surface area (Å²) in [5.74, 6) is -0.255. The average Bonchev–Trinajstić information content (AvgIpc) is 2.65. The highest BCUT2D eigenvalue weighted by Crippen LogP contribution is 2.41. The number of hydrogen-bond donors (Lipinski definition) is 0.